The third-order valence-electron chi connectivity index (χ3n) is 5.68. The molecule has 1 aromatic carbocycles. The molecule has 1 N–H and O–H groups in total. The molecule has 0 bridgehead atoms. The second-order valence-corrected chi connectivity index (χ2v) is 9.08. The van der Waals surface area contributed by atoms with E-state index in [9.17, 15) is 4.79 Å². The van der Waals surface area contributed by atoms with Crippen molar-refractivity contribution in [3.8, 4) is 0 Å². The lowest BCUT2D eigenvalue weighted by atomic mass is 9.95. The van der Waals surface area contributed by atoms with E-state index in [1.54, 1.807) is 6.20 Å². The Morgan fingerprint density at radius 2 is 2.00 bits per heavy atom. The Morgan fingerprint density at radius 3 is 2.62 bits per heavy atom. The minimum atomic E-state index is -0.219. The largest absolute Gasteiger partial charge is 0.469 e. The number of carbonyl (C=O) groups excluding carboxylic acids is 1. The van der Waals surface area contributed by atoms with Gasteiger partial charge in [-0.2, -0.15) is 0 Å². The molecule has 0 amide bonds. The average molecular weight is 461 g/mol. The van der Waals surface area contributed by atoms with Crippen LogP contribution in [0.1, 0.15) is 51.5 Å². The van der Waals surface area contributed by atoms with Gasteiger partial charge in [0, 0.05) is 25.8 Å². The summed E-state index contributed by atoms with van der Waals surface area (Å²) in [5, 5.41) is 3.78. The second kappa shape index (κ2) is 11.5. The lowest BCUT2D eigenvalue weighted by Gasteiger charge is -2.38. The van der Waals surface area contributed by atoms with Crippen LogP contribution < -0.4 is 10.2 Å². The summed E-state index contributed by atoms with van der Waals surface area (Å²) in [6.45, 7) is 8.98. The van der Waals surface area contributed by atoms with E-state index in [0.29, 0.717) is 29.4 Å². The normalized spacial score (nSPS) is 15.4. The van der Waals surface area contributed by atoms with Gasteiger partial charge in [0.15, 0.2) is 0 Å². The van der Waals surface area contributed by atoms with Gasteiger partial charge >= 0.3 is 5.97 Å². The highest BCUT2D eigenvalue weighted by Gasteiger charge is 2.25. The van der Waals surface area contributed by atoms with Crippen LogP contribution in [0, 0.1) is 5.92 Å². The fraction of sp³-hybridized carbons (Fsp3) is 0.542. The zero-order valence-electron chi connectivity index (χ0n) is 19.3. The minimum absolute atomic E-state index is 0.0231. The van der Waals surface area contributed by atoms with Crippen LogP contribution in [0.4, 0.5) is 17.2 Å². The standard InChI is InChI=1S/C24H33ClN4O3/c1-16(2)15-29(19-7-9-32-10-8-19)21-6-5-18(17(3)11-24(30)31-4)12-20(21)28-23-14-26-22(25)13-27-23/h5-6,12-14,16-17,19H,7-11,15H2,1-4H3,(H,27,28). The number of hydrogen-bond donors (Lipinski definition) is 1. The zero-order valence-corrected chi connectivity index (χ0v) is 20.1. The molecule has 32 heavy (non-hydrogen) atoms. The highest BCUT2D eigenvalue weighted by molar-refractivity contribution is 6.29. The van der Waals surface area contributed by atoms with Crippen LogP contribution in [0.3, 0.4) is 0 Å². The predicted octanol–water partition coefficient (Wildman–Crippen LogP) is 5.18. The van der Waals surface area contributed by atoms with Crippen LogP contribution in [0.2, 0.25) is 5.15 Å². The summed E-state index contributed by atoms with van der Waals surface area (Å²) in [6.07, 6.45) is 5.46. The van der Waals surface area contributed by atoms with Gasteiger partial charge < -0.3 is 19.7 Å². The van der Waals surface area contributed by atoms with Crippen LogP contribution in [-0.4, -0.2) is 48.8 Å². The Morgan fingerprint density at radius 1 is 1.25 bits per heavy atom. The Kier molecular flexibility index (Phi) is 8.70. The smallest absolute Gasteiger partial charge is 0.306 e. The molecule has 0 radical (unpaired) electrons. The summed E-state index contributed by atoms with van der Waals surface area (Å²) in [4.78, 5) is 22.8. The summed E-state index contributed by atoms with van der Waals surface area (Å²) in [6, 6.07) is 6.76. The number of esters is 1. The molecule has 1 aliphatic heterocycles. The monoisotopic (exact) mass is 460 g/mol. The summed E-state index contributed by atoms with van der Waals surface area (Å²) in [5.74, 6) is 0.919. The third-order valence-corrected chi connectivity index (χ3v) is 5.87. The number of ether oxygens (including phenoxy) is 2. The van der Waals surface area contributed by atoms with Crippen LogP contribution in [0.5, 0.6) is 0 Å². The van der Waals surface area contributed by atoms with Crippen molar-refractivity contribution < 1.29 is 14.3 Å². The lowest BCUT2D eigenvalue weighted by Crippen LogP contribution is -2.42. The maximum atomic E-state index is 11.8. The number of halogens is 1. The van der Waals surface area contributed by atoms with E-state index < -0.39 is 0 Å². The number of aromatic nitrogens is 2. The molecule has 3 rings (SSSR count). The van der Waals surface area contributed by atoms with Gasteiger partial charge in [-0.1, -0.05) is 38.4 Å². The van der Waals surface area contributed by atoms with Crippen molar-refractivity contribution in [2.75, 3.05) is 37.1 Å². The first kappa shape index (κ1) is 24.3. The van der Waals surface area contributed by atoms with Gasteiger partial charge in [-0.05, 0) is 42.4 Å². The third kappa shape index (κ3) is 6.56. The van der Waals surface area contributed by atoms with Crippen molar-refractivity contribution in [1.82, 2.24) is 9.97 Å². The van der Waals surface area contributed by atoms with E-state index in [2.05, 4.69) is 52.2 Å². The highest BCUT2D eigenvalue weighted by Crippen LogP contribution is 2.36. The van der Waals surface area contributed by atoms with Gasteiger partial charge in [0.25, 0.3) is 0 Å². The molecule has 1 aliphatic rings. The fourth-order valence-electron chi connectivity index (χ4n) is 4.01. The van der Waals surface area contributed by atoms with E-state index in [1.807, 2.05) is 6.92 Å². The van der Waals surface area contributed by atoms with Crippen molar-refractivity contribution in [3.63, 3.8) is 0 Å². The second-order valence-electron chi connectivity index (χ2n) is 8.70. The first-order valence-corrected chi connectivity index (χ1v) is 11.5. The number of benzene rings is 1. The zero-order chi connectivity index (χ0) is 23.1. The van der Waals surface area contributed by atoms with Gasteiger partial charge in [-0.15, -0.1) is 0 Å². The van der Waals surface area contributed by atoms with Crippen LogP contribution in [0.25, 0.3) is 0 Å². The van der Waals surface area contributed by atoms with Gasteiger partial charge in [0.1, 0.15) is 11.0 Å². The Hall–Kier alpha value is -2.38. The van der Waals surface area contributed by atoms with Crippen molar-refractivity contribution >= 4 is 34.8 Å². The fourth-order valence-corrected chi connectivity index (χ4v) is 4.11. The van der Waals surface area contributed by atoms with Gasteiger partial charge in [0.05, 0.1) is 37.3 Å². The molecule has 174 valence electrons. The first-order chi connectivity index (χ1) is 15.4. The molecule has 0 saturated carbocycles. The summed E-state index contributed by atoms with van der Waals surface area (Å²) in [5.41, 5.74) is 3.10. The average Bonchev–Trinajstić information content (AvgIpc) is 2.79. The minimum Gasteiger partial charge on any atom is -0.469 e. The predicted molar refractivity (Wildman–Crippen MR) is 128 cm³/mol. The SMILES string of the molecule is COC(=O)CC(C)c1ccc(N(CC(C)C)C2CCOCC2)c(Nc2cnc(Cl)cn2)c1. The van der Waals surface area contributed by atoms with E-state index >= 15 is 0 Å². The number of nitrogens with zero attached hydrogens (tertiary/aromatic N) is 3. The molecule has 1 fully saturated rings. The summed E-state index contributed by atoms with van der Waals surface area (Å²) < 4.78 is 10.5. The molecule has 2 heterocycles. The molecule has 2 aromatic rings. The number of hydrogen-bond acceptors (Lipinski definition) is 7. The topological polar surface area (TPSA) is 76.6 Å². The van der Waals surface area contributed by atoms with E-state index in [4.69, 9.17) is 21.1 Å². The van der Waals surface area contributed by atoms with Crippen molar-refractivity contribution in [3.05, 3.63) is 41.3 Å². The van der Waals surface area contributed by atoms with Crippen LogP contribution >= 0.6 is 11.6 Å². The van der Waals surface area contributed by atoms with E-state index in [-0.39, 0.29) is 11.9 Å². The molecule has 1 aromatic heterocycles. The Labute approximate surface area is 195 Å². The Bertz CT molecular complexity index is 885. The number of nitrogens with one attached hydrogen (secondary N) is 1. The number of rotatable bonds is 9. The lowest BCUT2D eigenvalue weighted by molar-refractivity contribution is -0.140. The summed E-state index contributed by atoms with van der Waals surface area (Å²) in [7, 11) is 1.42. The van der Waals surface area contributed by atoms with Gasteiger partial charge in [-0.3, -0.25) is 4.79 Å². The van der Waals surface area contributed by atoms with Crippen LogP contribution in [-0.2, 0) is 14.3 Å². The van der Waals surface area contributed by atoms with E-state index in [1.165, 1.54) is 13.3 Å². The number of anilines is 3. The highest BCUT2D eigenvalue weighted by atomic mass is 35.5. The van der Waals surface area contributed by atoms with Crippen molar-refractivity contribution in [2.45, 2.75) is 52.0 Å². The molecule has 0 spiro atoms. The quantitative estimate of drug-likeness (QED) is 0.516. The number of methoxy groups -OCH3 is 1. The molecule has 1 saturated heterocycles. The van der Waals surface area contributed by atoms with Crippen LogP contribution in [0.15, 0.2) is 30.6 Å². The van der Waals surface area contributed by atoms with Crippen molar-refractivity contribution in [2.24, 2.45) is 5.92 Å². The molecular weight excluding hydrogens is 428 g/mol. The molecule has 8 heteroatoms. The molecular formula is C24H33ClN4O3. The molecule has 1 atom stereocenters. The number of carbonyl (C=O) groups is 1. The summed E-state index contributed by atoms with van der Waals surface area (Å²) >= 11 is 5.92. The van der Waals surface area contributed by atoms with Crippen molar-refractivity contribution in [1.29, 1.82) is 0 Å². The Balaban J connectivity index is 1.99. The molecule has 1 unspecified atom stereocenters. The molecule has 0 aliphatic carbocycles. The first-order valence-electron chi connectivity index (χ1n) is 11.2. The van der Waals surface area contributed by atoms with E-state index in [0.717, 1.165) is 49.5 Å². The maximum Gasteiger partial charge on any atom is 0.306 e. The van der Waals surface area contributed by atoms with Gasteiger partial charge in [0.2, 0.25) is 0 Å². The van der Waals surface area contributed by atoms with Gasteiger partial charge in [-0.25, -0.2) is 9.97 Å². The molecule has 7 nitrogen and oxygen atoms in total. The maximum absolute atomic E-state index is 11.8.